The third-order valence-corrected chi connectivity index (χ3v) is 3.83. The first-order valence-electron chi connectivity index (χ1n) is 4.67. The van der Waals surface area contributed by atoms with Crippen molar-refractivity contribution in [1.82, 2.24) is 0 Å². The van der Waals surface area contributed by atoms with E-state index in [4.69, 9.17) is 11.6 Å². The normalized spacial score (nSPS) is 10.1. The Hall–Kier alpha value is -0.517. The third kappa shape index (κ3) is 2.74. The fraction of sp³-hybridized carbons (Fsp3) is 0. The zero-order valence-electron chi connectivity index (χ0n) is 8.07. The standard InChI is InChI=1S/C13H9Cl.Zr/c14-13-8-4-7-12(10-13)9-11-5-2-1-3-6-11;/h1-8,10H;/q;+2. The summed E-state index contributed by atoms with van der Waals surface area (Å²) in [6.45, 7) is 0. The predicted molar refractivity (Wildman–Crippen MR) is 61.1 cm³/mol. The first-order chi connectivity index (χ1) is 7.27. The van der Waals surface area contributed by atoms with E-state index in [1.165, 1.54) is 38.6 Å². The Balaban J connectivity index is 2.37. The van der Waals surface area contributed by atoms with Gasteiger partial charge in [-0.05, 0) is 0 Å². The van der Waals surface area contributed by atoms with Gasteiger partial charge in [-0.25, -0.2) is 0 Å². The van der Waals surface area contributed by atoms with Gasteiger partial charge >= 0.3 is 110 Å². The van der Waals surface area contributed by atoms with Gasteiger partial charge in [-0.2, -0.15) is 0 Å². The SMILES string of the molecule is Clc1cccc([C](=[Zr+2])c2ccccc2)c1. The number of rotatable bonds is 2. The third-order valence-electron chi connectivity index (χ3n) is 2.18. The Morgan fingerprint density at radius 3 is 2.20 bits per heavy atom. The molecular weight excluding hydrogens is 283 g/mol. The van der Waals surface area contributed by atoms with E-state index in [-0.39, 0.29) is 0 Å². The zero-order chi connectivity index (χ0) is 10.7. The Morgan fingerprint density at radius 2 is 1.53 bits per heavy atom. The molecular formula is C13H9ClZr+2. The average molecular weight is 292 g/mol. The van der Waals surface area contributed by atoms with Crippen molar-refractivity contribution >= 4 is 14.8 Å². The first-order valence-corrected chi connectivity index (χ1v) is 6.28. The first kappa shape index (κ1) is 11.0. The van der Waals surface area contributed by atoms with E-state index in [2.05, 4.69) is 30.3 Å². The van der Waals surface area contributed by atoms with Crippen LogP contribution >= 0.6 is 11.6 Å². The summed E-state index contributed by atoms with van der Waals surface area (Å²) in [5.74, 6) is 0. The molecule has 0 bridgehead atoms. The molecule has 0 aliphatic carbocycles. The van der Waals surface area contributed by atoms with Crippen LogP contribution in [0.1, 0.15) is 11.1 Å². The summed E-state index contributed by atoms with van der Waals surface area (Å²) in [5, 5.41) is 0.795. The molecule has 15 heavy (non-hydrogen) atoms. The van der Waals surface area contributed by atoms with Gasteiger partial charge < -0.3 is 0 Å². The average Bonchev–Trinajstić information content (AvgIpc) is 2.29. The Kier molecular flexibility index (Phi) is 3.67. The molecule has 0 amide bonds. The molecule has 0 heterocycles. The molecule has 0 unspecified atom stereocenters. The number of hydrogen-bond donors (Lipinski definition) is 0. The topological polar surface area (TPSA) is 0 Å². The van der Waals surface area contributed by atoms with Crippen molar-refractivity contribution in [2.75, 3.05) is 0 Å². The van der Waals surface area contributed by atoms with E-state index >= 15 is 0 Å². The van der Waals surface area contributed by atoms with Crippen LogP contribution in [0.2, 0.25) is 5.02 Å². The maximum atomic E-state index is 5.97. The summed E-state index contributed by atoms with van der Waals surface area (Å²) < 4.78 is 1.34. The molecule has 0 fully saturated rings. The molecule has 0 aliphatic heterocycles. The summed E-state index contributed by atoms with van der Waals surface area (Å²) in [4.78, 5) is 0. The summed E-state index contributed by atoms with van der Waals surface area (Å²) >= 11 is 7.38. The summed E-state index contributed by atoms with van der Waals surface area (Å²) in [5.41, 5.74) is 2.49. The van der Waals surface area contributed by atoms with E-state index < -0.39 is 0 Å². The second kappa shape index (κ2) is 5.01. The Morgan fingerprint density at radius 1 is 0.867 bits per heavy atom. The summed E-state index contributed by atoms with van der Waals surface area (Å²) in [6.07, 6.45) is 0. The van der Waals surface area contributed by atoms with Crippen LogP contribution in [0.25, 0.3) is 0 Å². The van der Waals surface area contributed by atoms with E-state index in [1.54, 1.807) is 0 Å². The van der Waals surface area contributed by atoms with Crippen LogP contribution in [-0.2, 0) is 24.2 Å². The van der Waals surface area contributed by atoms with Gasteiger partial charge in [0.25, 0.3) is 0 Å². The van der Waals surface area contributed by atoms with E-state index in [9.17, 15) is 0 Å². The number of hydrogen-bond acceptors (Lipinski definition) is 0. The Labute approximate surface area is 109 Å². The second-order valence-electron chi connectivity index (χ2n) is 3.25. The van der Waals surface area contributed by atoms with Crippen LogP contribution in [-0.4, -0.2) is 3.21 Å². The molecule has 0 radical (unpaired) electrons. The quantitative estimate of drug-likeness (QED) is 0.795. The minimum atomic E-state index is 0.795. The van der Waals surface area contributed by atoms with E-state index in [1.807, 2.05) is 24.3 Å². The predicted octanol–water partition coefficient (Wildman–Crippen LogP) is 3.46. The fourth-order valence-corrected chi connectivity index (χ4v) is 2.40. The van der Waals surface area contributed by atoms with Crippen LogP contribution < -0.4 is 0 Å². The molecule has 0 spiro atoms. The van der Waals surface area contributed by atoms with E-state index in [0.29, 0.717) is 0 Å². The van der Waals surface area contributed by atoms with Gasteiger partial charge in [0, 0.05) is 0 Å². The summed E-state index contributed by atoms with van der Waals surface area (Å²) in [7, 11) is 0. The van der Waals surface area contributed by atoms with Gasteiger partial charge in [0.15, 0.2) is 0 Å². The van der Waals surface area contributed by atoms with Crippen LogP contribution in [0.3, 0.4) is 0 Å². The van der Waals surface area contributed by atoms with Gasteiger partial charge in [0.1, 0.15) is 0 Å². The van der Waals surface area contributed by atoms with Crippen LogP contribution in [0.15, 0.2) is 54.6 Å². The van der Waals surface area contributed by atoms with Crippen LogP contribution in [0.4, 0.5) is 0 Å². The molecule has 0 saturated carbocycles. The van der Waals surface area contributed by atoms with Crippen molar-refractivity contribution in [2.24, 2.45) is 0 Å². The monoisotopic (exact) mass is 290 g/mol. The van der Waals surface area contributed by atoms with Crippen molar-refractivity contribution < 1.29 is 24.2 Å². The molecule has 2 heteroatoms. The summed E-state index contributed by atoms with van der Waals surface area (Å²) in [6, 6.07) is 18.4. The number of benzene rings is 2. The molecule has 0 atom stereocenters. The Bertz CT molecular complexity index is 477. The van der Waals surface area contributed by atoms with Crippen molar-refractivity contribution in [2.45, 2.75) is 0 Å². The van der Waals surface area contributed by atoms with Crippen molar-refractivity contribution in [3.8, 4) is 0 Å². The molecule has 2 aromatic carbocycles. The van der Waals surface area contributed by atoms with Crippen molar-refractivity contribution in [1.29, 1.82) is 0 Å². The van der Waals surface area contributed by atoms with Gasteiger partial charge in [-0.15, -0.1) is 0 Å². The molecule has 2 rings (SSSR count). The molecule has 0 N–H and O–H groups in total. The molecule has 70 valence electrons. The van der Waals surface area contributed by atoms with Gasteiger partial charge in [0.05, 0.1) is 0 Å². The van der Waals surface area contributed by atoms with Crippen molar-refractivity contribution in [3.63, 3.8) is 0 Å². The van der Waals surface area contributed by atoms with Crippen LogP contribution in [0.5, 0.6) is 0 Å². The molecule has 0 aromatic heterocycles. The number of halogens is 1. The zero-order valence-corrected chi connectivity index (χ0v) is 11.3. The van der Waals surface area contributed by atoms with E-state index in [0.717, 1.165) is 5.02 Å². The molecule has 0 aliphatic rings. The van der Waals surface area contributed by atoms with Crippen molar-refractivity contribution in [3.05, 3.63) is 70.7 Å². The van der Waals surface area contributed by atoms with Gasteiger partial charge in [0.2, 0.25) is 0 Å². The maximum absolute atomic E-state index is 5.97. The van der Waals surface area contributed by atoms with Gasteiger partial charge in [-0.1, -0.05) is 0 Å². The second-order valence-corrected chi connectivity index (χ2v) is 4.92. The fourth-order valence-electron chi connectivity index (χ4n) is 1.42. The van der Waals surface area contributed by atoms with Crippen LogP contribution in [0, 0.1) is 0 Å². The molecule has 0 saturated heterocycles. The molecule has 0 nitrogen and oxygen atoms in total. The van der Waals surface area contributed by atoms with Gasteiger partial charge in [-0.3, -0.25) is 0 Å². The molecule has 2 aromatic rings. The minimum absolute atomic E-state index is 0.795.